The second kappa shape index (κ2) is 8.17. The van der Waals surface area contributed by atoms with Gasteiger partial charge in [-0.25, -0.2) is 4.39 Å². The maximum Gasteiger partial charge on any atom is 0.255 e. The third kappa shape index (κ3) is 3.74. The molecule has 1 saturated heterocycles. The molecular weight excluding hydrogens is 403 g/mol. The Morgan fingerprint density at radius 3 is 2.71 bits per heavy atom. The fourth-order valence-corrected chi connectivity index (χ4v) is 3.97. The average molecular weight is 424 g/mol. The molecule has 1 fully saturated rings. The van der Waals surface area contributed by atoms with Gasteiger partial charge in [-0.05, 0) is 24.6 Å². The van der Waals surface area contributed by atoms with Crippen molar-refractivity contribution in [2.75, 3.05) is 12.4 Å². The molecule has 1 atom stereocenters. The predicted molar refractivity (Wildman–Crippen MR) is 110 cm³/mol. The van der Waals surface area contributed by atoms with Gasteiger partial charge in [-0.15, -0.1) is 0 Å². The van der Waals surface area contributed by atoms with E-state index in [1.807, 2.05) is 0 Å². The summed E-state index contributed by atoms with van der Waals surface area (Å²) in [6.45, 7) is 0.324. The van der Waals surface area contributed by atoms with Gasteiger partial charge >= 0.3 is 0 Å². The minimum absolute atomic E-state index is 0.0423. The van der Waals surface area contributed by atoms with Gasteiger partial charge < -0.3 is 15.5 Å². The Morgan fingerprint density at radius 1 is 1.19 bits per heavy atom. The average Bonchev–Trinajstić information content (AvgIpc) is 3.09. The van der Waals surface area contributed by atoms with Crippen LogP contribution in [0, 0.1) is 5.82 Å². The van der Waals surface area contributed by atoms with Gasteiger partial charge in [0.15, 0.2) is 0 Å². The summed E-state index contributed by atoms with van der Waals surface area (Å²) in [5.41, 5.74) is 2.09. The lowest BCUT2D eigenvalue weighted by Crippen LogP contribution is -2.52. The minimum atomic E-state index is -0.702. The molecule has 0 bridgehead atoms. The Kier molecular flexibility index (Phi) is 5.41. The van der Waals surface area contributed by atoms with Crippen molar-refractivity contribution in [1.82, 2.24) is 15.5 Å². The quantitative estimate of drug-likeness (QED) is 0.632. The zero-order chi connectivity index (χ0) is 22.1. The van der Waals surface area contributed by atoms with E-state index in [1.165, 1.54) is 18.0 Å². The highest BCUT2D eigenvalue weighted by Crippen LogP contribution is 2.32. The smallest absolute Gasteiger partial charge is 0.255 e. The van der Waals surface area contributed by atoms with Crippen LogP contribution < -0.4 is 16.0 Å². The largest absolute Gasteiger partial charge is 0.381 e. The molecule has 0 unspecified atom stereocenters. The zero-order valence-electron chi connectivity index (χ0n) is 16.8. The maximum atomic E-state index is 14.7. The molecule has 8 nitrogen and oxygen atoms in total. The maximum absolute atomic E-state index is 14.7. The van der Waals surface area contributed by atoms with E-state index in [9.17, 15) is 23.6 Å². The number of nitrogens with one attached hydrogen (secondary N) is 3. The van der Waals surface area contributed by atoms with Crippen LogP contribution in [0.4, 0.5) is 10.1 Å². The summed E-state index contributed by atoms with van der Waals surface area (Å²) in [5, 5.41) is 7.83. The van der Waals surface area contributed by atoms with Gasteiger partial charge in [0.2, 0.25) is 11.8 Å². The second-order valence-corrected chi connectivity index (χ2v) is 7.44. The highest BCUT2D eigenvalue weighted by Gasteiger charge is 2.39. The minimum Gasteiger partial charge on any atom is -0.381 e. The van der Waals surface area contributed by atoms with Gasteiger partial charge in [0, 0.05) is 48.9 Å². The van der Waals surface area contributed by atoms with E-state index in [0.717, 1.165) is 0 Å². The molecule has 31 heavy (non-hydrogen) atoms. The lowest BCUT2D eigenvalue weighted by atomic mass is 10.0. The summed E-state index contributed by atoms with van der Waals surface area (Å²) in [6, 6.07) is 9.07. The molecule has 4 amide bonds. The molecule has 0 aromatic heterocycles. The highest BCUT2D eigenvalue weighted by molar-refractivity contribution is 6.06. The van der Waals surface area contributed by atoms with Gasteiger partial charge in [-0.1, -0.05) is 18.2 Å². The van der Waals surface area contributed by atoms with Gasteiger partial charge in [0.05, 0.1) is 5.56 Å². The van der Waals surface area contributed by atoms with Gasteiger partial charge in [0.1, 0.15) is 11.9 Å². The normalized spacial score (nSPS) is 17.9. The lowest BCUT2D eigenvalue weighted by Gasteiger charge is -2.29. The van der Waals surface area contributed by atoms with Crippen molar-refractivity contribution in [1.29, 1.82) is 0 Å². The summed E-state index contributed by atoms with van der Waals surface area (Å²) in [5.74, 6) is -2.21. The fourth-order valence-electron chi connectivity index (χ4n) is 3.97. The van der Waals surface area contributed by atoms with E-state index < -0.39 is 23.7 Å². The number of piperidine rings is 1. The third-order valence-electron chi connectivity index (χ3n) is 5.60. The summed E-state index contributed by atoms with van der Waals surface area (Å²) >= 11 is 0. The fraction of sp³-hybridized carbons (Fsp3) is 0.273. The van der Waals surface area contributed by atoms with E-state index in [4.69, 9.17) is 0 Å². The zero-order valence-corrected chi connectivity index (χ0v) is 16.8. The molecule has 9 heteroatoms. The number of carbonyl (C=O) groups is 4. The van der Waals surface area contributed by atoms with Crippen molar-refractivity contribution < 1.29 is 23.6 Å². The van der Waals surface area contributed by atoms with Gasteiger partial charge in [0.25, 0.3) is 11.8 Å². The molecule has 2 aliphatic heterocycles. The monoisotopic (exact) mass is 424 g/mol. The van der Waals surface area contributed by atoms with Crippen LogP contribution in [-0.4, -0.2) is 41.6 Å². The van der Waals surface area contributed by atoms with Crippen molar-refractivity contribution in [2.45, 2.75) is 32.0 Å². The first-order chi connectivity index (χ1) is 14.9. The Morgan fingerprint density at radius 2 is 1.97 bits per heavy atom. The number of imide groups is 1. The van der Waals surface area contributed by atoms with Crippen LogP contribution in [-0.2, 0) is 22.7 Å². The van der Waals surface area contributed by atoms with E-state index in [0.29, 0.717) is 22.4 Å². The van der Waals surface area contributed by atoms with Crippen molar-refractivity contribution >= 4 is 29.3 Å². The molecule has 2 heterocycles. The highest BCUT2D eigenvalue weighted by atomic mass is 19.1. The third-order valence-corrected chi connectivity index (χ3v) is 5.60. The second-order valence-electron chi connectivity index (χ2n) is 7.44. The summed E-state index contributed by atoms with van der Waals surface area (Å²) in [6.07, 6.45) is 0.466. The SMILES string of the molecule is CNC(=O)c1cccc(CNc2cccc3c2CN([C@@H]2CCC(=O)NC2=O)C3=O)c1F. The number of nitrogens with zero attached hydrogens (tertiary/aromatic N) is 1. The Labute approximate surface area is 177 Å². The van der Waals surface area contributed by atoms with Crippen molar-refractivity contribution in [3.8, 4) is 0 Å². The van der Waals surface area contributed by atoms with Crippen LogP contribution in [0.1, 0.15) is 44.7 Å². The van der Waals surface area contributed by atoms with Gasteiger partial charge in [-0.3, -0.25) is 24.5 Å². The number of halogens is 1. The van der Waals surface area contributed by atoms with Crippen molar-refractivity contribution in [3.05, 3.63) is 64.5 Å². The molecule has 0 saturated carbocycles. The van der Waals surface area contributed by atoms with Gasteiger partial charge in [-0.2, -0.15) is 0 Å². The molecule has 2 aromatic carbocycles. The van der Waals surface area contributed by atoms with Crippen LogP contribution in [0.5, 0.6) is 0 Å². The number of amides is 4. The number of anilines is 1. The summed E-state index contributed by atoms with van der Waals surface area (Å²) in [4.78, 5) is 49.8. The number of fused-ring (bicyclic) bond motifs is 1. The Bertz CT molecular complexity index is 1100. The summed E-state index contributed by atoms with van der Waals surface area (Å²) in [7, 11) is 1.44. The van der Waals surface area contributed by atoms with Crippen LogP contribution in [0.15, 0.2) is 36.4 Å². The first-order valence-corrected chi connectivity index (χ1v) is 9.90. The Hall–Kier alpha value is -3.75. The molecule has 160 valence electrons. The van der Waals surface area contributed by atoms with Crippen molar-refractivity contribution in [3.63, 3.8) is 0 Å². The van der Waals surface area contributed by atoms with Crippen LogP contribution >= 0.6 is 0 Å². The van der Waals surface area contributed by atoms with Crippen LogP contribution in [0.2, 0.25) is 0 Å². The number of benzene rings is 2. The number of rotatable bonds is 5. The predicted octanol–water partition coefficient (Wildman–Crippen LogP) is 1.56. The number of hydrogen-bond acceptors (Lipinski definition) is 5. The molecule has 4 rings (SSSR count). The van der Waals surface area contributed by atoms with Crippen LogP contribution in [0.3, 0.4) is 0 Å². The summed E-state index contributed by atoms with van der Waals surface area (Å²) < 4.78 is 14.7. The van der Waals surface area contributed by atoms with E-state index >= 15 is 0 Å². The van der Waals surface area contributed by atoms with E-state index in [1.54, 1.807) is 30.3 Å². The van der Waals surface area contributed by atoms with Crippen LogP contribution in [0.25, 0.3) is 0 Å². The molecule has 0 radical (unpaired) electrons. The molecule has 0 aliphatic carbocycles. The molecule has 2 aliphatic rings. The lowest BCUT2D eigenvalue weighted by molar-refractivity contribution is -0.136. The number of carbonyl (C=O) groups excluding carboxylic acids is 4. The molecular formula is C22H21FN4O4. The van der Waals surface area contributed by atoms with E-state index in [-0.39, 0.29) is 43.3 Å². The first kappa shape index (κ1) is 20.5. The Balaban J connectivity index is 1.54. The molecule has 3 N–H and O–H groups in total. The topological polar surface area (TPSA) is 108 Å². The standard InChI is InChI=1S/C22H21FN4O4/c1-24-20(29)14-6-2-4-12(19(14)23)10-25-16-7-3-5-13-15(16)11-27(22(13)31)17-8-9-18(28)26-21(17)30/h2-7,17,25H,8-11H2,1H3,(H,24,29)(H,26,28,30)/t17-/m1/s1. The molecule has 2 aromatic rings. The molecule has 0 spiro atoms. The van der Waals surface area contributed by atoms with Crippen molar-refractivity contribution in [2.24, 2.45) is 0 Å². The number of hydrogen-bond donors (Lipinski definition) is 3. The van der Waals surface area contributed by atoms with E-state index in [2.05, 4.69) is 16.0 Å². The first-order valence-electron chi connectivity index (χ1n) is 9.90.